The summed E-state index contributed by atoms with van der Waals surface area (Å²) in [4.78, 5) is 10.2. The Labute approximate surface area is 134 Å². The number of rotatable bonds is 4. The normalized spacial score (nSPS) is 12.0. The standard InChI is InChI=1S/C14H12BrClN2O3/c1-8(17)11-4-2-9(6-12(11)15)21-10-3-5-14(18(19)20)13(16)7-10/h2-8H,17H2,1H3. The second-order valence-corrected chi connectivity index (χ2v) is 5.71. The van der Waals surface area contributed by atoms with E-state index >= 15 is 0 Å². The summed E-state index contributed by atoms with van der Waals surface area (Å²) in [6.45, 7) is 1.89. The van der Waals surface area contributed by atoms with Gasteiger partial charge in [-0.1, -0.05) is 33.6 Å². The lowest BCUT2D eigenvalue weighted by Gasteiger charge is -2.11. The van der Waals surface area contributed by atoms with Crippen LogP contribution in [0.4, 0.5) is 5.69 Å². The fourth-order valence-electron chi connectivity index (χ4n) is 1.78. The first-order valence-corrected chi connectivity index (χ1v) is 7.22. The average molecular weight is 372 g/mol. The van der Waals surface area contributed by atoms with Crippen molar-refractivity contribution in [2.24, 2.45) is 5.73 Å². The first kappa shape index (κ1) is 15.8. The molecule has 0 aliphatic rings. The molecule has 2 N–H and O–H groups in total. The second-order valence-electron chi connectivity index (χ2n) is 4.44. The van der Waals surface area contributed by atoms with Crippen LogP contribution in [-0.4, -0.2) is 4.92 Å². The van der Waals surface area contributed by atoms with Crippen molar-refractivity contribution in [1.82, 2.24) is 0 Å². The summed E-state index contributed by atoms with van der Waals surface area (Å²) in [6.07, 6.45) is 0. The number of hydrogen-bond donors (Lipinski definition) is 1. The molecule has 0 spiro atoms. The minimum absolute atomic E-state index is 0.0313. The lowest BCUT2D eigenvalue weighted by molar-refractivity contribution is -0.384. The molecule has 1 atom stereocenters. The summed E-state index contributed by atoms with van der Waals surface area (Å²) in [5.74, 6) is 1.00. The Morgan fingerprint density at radius 2 is 1.90 bits per heavy atom. The first-order chi connectivity index (χ1) is 9.88. The molecule has 0 aromatic heterocycles. The molecule has 0 bridgehead atoms. The SMILES string of the molecule is CC(N)c1ccc(Oc2ccc([N+](=O)[O-])c(Cl)c2)cc1Br. The third-order valence-corrected chi connectivity index (χ3v) is 3.80. The molecule has 0 aliphatic carbocycles. The predicted octanol–water partition coefficient (Wildman–Crippen LogP) is 4.82. The second kappa shape index (κ2) is 6.43. The number of nitrogens with zero attached hydrogens (tertiary/aromatic N) is 1. The number of nitrogens with two attached hydrogens (primary N) is 1. The van der Waals surface area contributed by atoms with E-state index in [-0.39, 0.29) is 16.8 Å². The van der Waals surface area contributed by atoms with E-state index in [1.807, 2.05) is 13.0 Å². The van der Waals surface area contributed by atoms with Gasteiger partial charge in [-0.25, -0.2) is 0 Å². The Bertz CT molecular complexity index is 692. The summed E-state index contributed by atoms with van der Waals surface area (Å²) >= 11 is 9.27. The van der Waals surface area contributed by atoms with E-state index in [4.69, 9.17) is 22.1 Å². The van der Waals surface area contributed by atoms with Gasteiger partial charge in [0.25, 0.3) is 5.69 Å². The molecule has 21 heavy (non-hydrogen) atoms. The maximum Gasteiger partial charge on any atom is 0.288 e. The van der Waals surface area contributed by atoms with Crippen LogP contribution >= 0.6 is 27.5 Å². The van der Waals surface area contributed by atoms with E-state index in [1.165, 1.54) is 18.2 Å². The van der Waals surface area contributed by atoms with E-state index in [1.54, 1.807) is 12.1 Å². The van der Waals surface area contributed by atoms with Crippen molar-refractivity contribution in [3.05, 3.63) is 61.6 Å². The zero-order valence-corrected chi connectivity index (χ0v) is 13.4. The molecule has 0 fully saturated rings. The molecule has 0 radical (unpaired) electrons. The predicted molar refractivity (Wildman–Crippen MR) is 84.9 cm³/mol. The fraction of sp³-hybridized carbons (Fsp3) is 0.143. The van der Waals surface area contributed by atoms with Crippen LogP contribution in [0.1, 0.15) is 18.5 Å². The van der Waals surface area contributed by atoms with E-state index in [0.717, 1.165) is 10.0 Å². The summed E-state index contributed by atoms with van der Waals surface area (Å²) in [5, 5.41) is 10.7. The Morgan fingerprint density at radius 3 is 2.43 bits per heavy atom. The van der Waals surface area contributed by atoms with E-state index < -0.39 is 4.92 Å². The molecule has 0 heterocycles. The van der Waals surface area contributed by atoms with Gasteiger partial charge in [-0.15, -0.1) is 0 Å². The van der Waals surface area contributed by atoms with Crippen LogP contribution in [0.2, 0.25) is 5.02 Å². The van der Waals surface area contributed by atoms with Crippen molar-refractivity contribution in [3.8, 4) is 11.5 Å². The minimum atomic E-state index is -0.542. The lowest BCUT2D eigenvalue weighted by atomic mass is 10.1. The minimum Gasteiger partial charge on any atom is -0.457 e. The maximum absolute atomic E-state index is 10.7. The average Bonchev–Trinajstić information content (AvgIpc) is 2.37. The van der Waals surface area contributed by atoms with Crippen molar-refractivity contribution in [2.75, 3.05) is 0 Å². The Morgan fingerprint density at radius 1 is 1.29 bits per heavy atom. The molecule has 7 heteroatoms. The molecule has 0 saturated heterocycles. The summed E-state index contributed by atoms with van der Waals surface area (Å²) in [5.41, 5.74) is 6.64. The molecule has 0 amide bonds. The highest BCUT2D eigenvalue weighted by atomic mass is 79.9. The van der Waals surface area contributed by atoms with Crippen LogP contribution in [0.5, 0.6) is 11.5 Å². The van der Waals surface area contributed by atoms with Crippen LogP contribution in [0.15, 0.2) is 40.9 Å². The zero-order valence-electron chi connectivity index (χ0n) is 11.0. The Hall–Kier alpha value is -1.63. The highest BCUT2D eigenvalue weighted by Crippen LogP contribution is 2.33. The van der Waals surface area contributed by atoms with Gasteiger partial charge >= 0.3 is 0 Å². The van der Waals surface area contributed by atoms with Gasteiger partial charge in [0, 0.05) is 22.6 Å². The van der Waals surface area contributed by atoms with Gasteiger partial charge < -0.3 is 10.5 Å². The smallest absolute Gasteiger partial charge is 0.288 e. The Balaban J connectivity index is 2.24. The van der Waals surface area contributed by atoms with Crippen molar-refractivity contribution in [3.63, 3.8) is 0 Å². The van der Waals surface area contributed by atoms with E-state index in [2.05, 4.69) is 15.9 Å². The zero-order chi connectivity index (χ0) is 15.6. The van der Waals surface area contributed by atoms with Crippen molar-refractivity contribution in [1.29, 1.82) is 0 Å². The molecule has 1 unspecified atom stereocenters. The number of nitro benzene ring substituents is 1. The fourth-order valence-corrected chi connectivity index (χ4v) is 2.73. The third kappa shape index (κ3) is 3.72. The van der Waals surface area contributed by atoms with Crippen molar-refractivity contribution >= 4 is 33.2 Å². The highest BCUT2D eigenvalue weighted by molar-refractivity contribution is 9.10. The quantitative estimate of drug-likeness (QED) is 0.617. The topological polar surface area (TPSA) is 78.4 Å². The van der Waals surface area contributed by atoms with Gasteiger partial charge in [0.2, 0.25) is 0 Å². The van der Waals surface area contributed by atoms with Crippen molar-refractivity contribution < 1.29 is 9.66 Å². The van der Waals surface area contributed by atoms with Crippen LogP contribution in [0, 0.1) is 10.1 Å². The van der Waals surface area contributed by atoms with Gasteiger partial charge in [-0.3, -0.25) is 10.1 Å². The van der Waals surface area contributed by atoms with E-state index in [9.17, 15) is 10.1 Å². The van der Waals surface area contributed by atoms with Crippen molar-refractivity contribution in [2.45, 2.75) is 13.0 Å². The highest BCUT2D eigenvalue weighted by Gasteiger charge is 2.13. The van der Waals surface area contributed by atoms with Gasteiger partial charge in [0.05, 0.1) is 4.92 Å². The summed E-state index contributed by atoms with van der Waals surface area (Å²) < 4.78 is 6.47. The van der Waals surface area contributed by atoms with Crippen LogP contribution in [0.3, 0.4) is 0 Å². The van der Waals surface area contributed by atoms with Gasteiger partial charge in [0.15, 0.2) is 0 Å². The summed E-state index contributed by atoms with van der Waals surface area (Å²) in [6, 6.07) is 9.54. The number of nitro groups is 1. The first-order valence-electron chi connectivity index (χ1n) is 6.05. The molecule has 2 aromatic carbocycles. The molecule has 0 aliphatic heterocycles. The van der Waals surface area contributed by atoms with Gasteiger partial charge in [-0.05, 0) is 30.7 Å². The molecule has 2 rings (SSSR count). The summed E-state index contributed by atoms with van der Waals surface area (Å²) in [7, 11) is 0. The van der Waals surface area contributed by atoms with Crippen LogP contribution in [-0.2, 0) is 0 Å². The molecule has 110 valence electrons. The third-order valence-electron chi connectivity index (χ3n) is 2.81. The number of halogens is 2. The van der Waals surface area contributed by atoms with Gasteiger partial charge in [0.1, 0.15) is 16.5 Å². The molecule has 0 saturated carbocycles. The van der Waals surface area contributed by atoms with Gasteiger partial charge in [-0.2, -0.15) is 0 Å². The Kier molecular flexibility index (Phi) is 4.82. The lowest BCUT2D eigenvalue weighted by Crippen LogP contribution is -2.05. The molecule has 5 nitrogen and oxygen atoms in total. The van der Waals surface area contributed by atoms with E-state index in [0.29, 0.717) is 11.5 Å². The maximum atomic E-state index is 10.7. The van der Waals surface area contributed by atoms with Crippen LogP contribution < -0.4 is 10.5 Å². The number of ether oxygens (including phenoxy) is 1. The molecule has 2 aromatic rings. The monoisotopic (exact) mass is 370 g/mol. The largest absolute Gasteiger partial charge is 0.457 e. The number of hydrogen-bond acceptors (Lipinski definition) is 4. The molecular weight excluding hydrogens is 360 g/mol. The van der Waals surface area contributed by atoms with Crippen LogP contribution in [0.25, 0.3) is 0 Å². The molecular formula is C14H12BrClN2O3. The number of benzene rings is 2.